The highest BCUT2D eigenvalue weighted by Crippen LogP contribution is 2.23. The first-order chi connectivity index (χ1) is 8.47. The van der Waals surface area contributed by atoms with E-state index in [-0.39, 0.29) is 24.0 Å². The van der Waals surface area contributed by atoms with Gasteiger partial charge in [-0.15, -0.1) is 0 Å². The molecule has 0 saturated carbocycles. The van der Waals surface area contributed by atoms with E-state index in [1.165, 1.54) is 0 Å². The Bertz CT molecular complexity index is 299. The van der Waals surface area contributed by atoms with Gasteiger partial charge in [-0.1, -0.05) is 46.3 Å². The van der Waals surface area contributed by atoms with Crippen molar-refractivity contribution in [3.8, 4) is 0 Å². The summed E-state index contributed by atoms with van der Waals surface area (Å²) in [5.74, 6) is 0.506. The van der Waals surface area contributed by atoms with Crippen LogP contribution in [0, 0.1) is 11.8 Å². The van der Waals surface area contributed by atoms with Crippen LogP contribution in [0.4, 0.5) is 0 Å². The number of hydrogen-bond acceptors (Lipinski definition) is 2. The minimum absolute atomic E-state index is 0.0207. The highest BCUT2D eigenvalue weighted by Gasteiger charge is 2.29. The van der Waals surface area contributed by atoms with Crippen LogP contribution in [-0.4, -0.2) is 23.1 Å². The summed E-state index contributed by atoms with van der Waals surface area (Å²) in [5, 5.41) is 1.60. The fourth-order valence-corrected chi connectivity index (χ4v) is 2.21. The van der Waals surface area contributed by atoms with Gasteiger partial charge in [0.15, 0.2) is 0 Å². The number of carbonyl (C=O) groups excluding carboxylic acids is 1. The lowest BCUT2D eigenvalue weighted by Gasteiger charge is -2.32. The topological polar surface area (TPSA) is 29.5 Å². The Labute approximate surface area is 111 Å². The molecule has 3 heteroatoms. The lowest BCUT2D eigenvalue weighted by atomic mass is 9.99. The fourth-order valence-electron chi connectivity index (χ4n) is 2.21. The Hall–Kier alpha value is -0.830. The van der Waals surface area contributed by atoms with E-state index in [0.29, 0.717) is 5.92 Å². The van der Waals surface area contributed by atoms with Gasteiger partial charge in [0.05, 0.1) is 6.04 Å². The summed E-state index contributed by atoms with van der Waals surface area (Å²) >= 11 is 0. The quantitative estimate of drug-likeness (QED) is 0.717. The van der Waals surface area contributed by atoms with Crippen molar-refractivity contribution in [2.45, 2.75) is 66.0 Å². The average Bonchev–Trinajstić information content (AvgIpc) is 2.50. The van der Waals surface area contributed by atoms with Crippen molar-refractivity contribution in [3.63, 3.8) is 0 Å². The van der Waals surface area contributed by atoms with Crippen LogP contribution in [0.1, 0.15) is 53.9 Å². The van der Waals surface area contributed by atoms with Gasteiger partial charge in [-0.3, -0.25) is 9.63 Å². The molecule has 1 heterocycles. The number of carbonyl (C=O) groups is 1. The van der Waals surface area contributed by atoms with Crippen molar-refractivity contribution in [1.82, 2.24) is 5.06 Å². The molecule has 0 bridgehead atoms. The zero-order valence-electron chi connectivity index (χ0n) is 12.3. The molecule has 0 aliphatic carbocycles. The molecule has 104 valence electrons. The molecule has 1 aliphatic rings. The second-order valence-electron chi connectivity index (χ2n) is 5.67. The van der Waals surface area contributed by atoms with Crippen molar-refractivity contribution in [2.75, 3.05) is 0 Å². The van der Waals surface area contributed by atoms with E-state index < -0.39 is 0 Å². The van der Waals surface area contributed by atoms with Crippen LogP contribution >= 0.6 is 0 Å². The van der Waals surface area contributed by atoms with Crippen molar-refractivity contribution in [2.24, 2.45) is 11.8 Å². The third-order valence-electron chi connectivity index (χ3n) is 3.45. The van der Waals surface area contributed by atoms with Gasteiger partial charge in [0.2, 0.25) is 5.91 Å². The minimum atomic E-state index is -0.0207. The summed E-state index contributed by atoms with van der Waals surface area (Å²) in [6.07, 6.45) is 7.42. The second kappa shape index (κ2) is 6.93. The predicted molar refractivity (Wildman–Crippen MR) is 73.8 cm³/mol. The molecule has 0 unspecified atom stereocenters. The van der Waals surface area contributed by atoms with Crippen molar-refractivity contribution >= 4 is 5.91 Å². The third-order valence-corrected chi connectivity index (χ3v) is 3.45. The largest absolute Gasteiger partial charge is 0.272 e. The minimum Gasteiger partial charge on any atom is -0.272 e. The Balaban J connectivity index is 2.76. The van der Waals surface area contributed by atoms with Crippen molar-refractivity contribution in [1.29, 1.82) is 0 Å². The van der Waals surface area contributed by atoms with Gasteiger partial charge in [0.25, 0.3) is 0 Å². The molecule has 3 atom stereocenters. The molecular weight excluding hydrogens is 226 g/mol. The molecule has 0 aromatic rings. The molecule has 0 spiro atoms. The van der Waals surface area contributed by atoms with E-state index in [9.17, 15) is 4.79 Å². The Morgan fingerprint density at radius 3 is 2.67 bits per heavy atom. The molecule has 0 saturated heterocycles. The van der Waals surface area contributed by atoms with E-state index in [1.807, 2.05) is 20.8 Å². The summed E-state index contributed by atoms with van der Waals surface area (Å²) in [4.78, 5) is 18.1. The molecule has 18 heavy (non-hydrogen) atoms. The van der Waals surface area contributed by atoms with E-state index in [0.717, 1.165) is 19.3 Å². The highest BCUT2D eigenvalue weighted by atomic mass is 16.7. The second-order valence-corrected chi connectivity index (χ2v) is 5.67. The molecule has 0 aromatic heterocycles. The summed E-state index contributed by atoms with van der Waals surface area (Å²) in [7, 11) is 0. The number of hydroxylamine groups is 2. The summed E-state index contributed by atoms with van der Waals surface area (Å²) < 4.78 is 0. The Morgan fingerprint density at radius 2 is 2.11 bits per heavy atom. The first-order valence-electron chi connectivity index (χ1n) is 7.13. The maximum Gasteiger partial charge on any atom is 0.248 e. The van der Waals surface area contributed by atoms with Crippen molar-refractivity contribution in [3.05, 3.63) is 12.2 Å². The monoisotopic (exact) mass is 253 g/mol. The molecule has 0 N–H and O–H groups in total. The standard InChI is InChI=1S/C15H27NO2/c1-6-8-12(4)14-10-7-9-13(5)16(18-14)15(17)11(2)3/h7,10-14H,6,8-9H2,1-5H3/t12-,13-,14+/m1/s1. The van der Waals surface area contributed by atoms with Gasteiger partial charge in [0, 0.05) is 5.92 Å². The lowest BCUT2D eigenvalue weighted by Crippen LogP contribution is -2.43. The van der Waals surface area contributed by atoms with Crippen LogP contribution < -0.4 is 0 Å². The smallest absolute Gasteiger partial charge is 0.248 e. The van der Waals surface area contributed by atoms with Crippen LogP contribution in [-0.2, 0) is 9.63 Å². The maximum absolute atomic E-state index is 12.2. The first-order valence-corrected chi connectivity index (χ1v) is 7.13. The maximum atomic E-state index is 12.2. The number of rotatable bonds is 4. The van der Waals surface area contributed by atoms with E-state index in [4.69, 9.17) is 4.84 Å². The normalized spacial score (nSPS) is 26.2. The first kappa shape index (κ1) is 15.2. The Morgan fingerprint density at radius 1 is 1.44 bits per heavy atom. The van der Waals surface area contributed by atoms with Gasteiger partial charge in [-0.25, -0.2) is 5.06 Å². The van der Waals surface area contributed by atoms with Gasteiger partial charge in [-0.05, 0) is 25.7 Å². The SMILES string of the molecule is CCC[C@@H](C)[C@@H]1C=CC[C@@H](C)N(C(=O)C(C)C)O1. The van der Waals surface area contributed by atoms with Gasteiger partial charge in [0.1, 0.15) is 6.10 Å². The number of amides is 1. The third kappa shape index (κ3) is 3.84. The molecule has 1 amide bonds. The Kier molecular flexibility index (Phi) is 5.86. The number of nitrogens with zero attached hydrogens (tertiary/aromatic N) is 1. The van der Waals surface area contributed by atoms with Crippen molar-refractivity contribution < 1.29 is 9.63 Å². The van der Waals surface area contributed by atoms with E-state index >= 15 is 0 Å². The molecule has 0 aromatic carbocycles. The molecule has 1 aliphatic heterocycles. The zero-order chi connectivity index (χ0) is 13.7. The number of hydrogen-bond donors (Lipinski definition) is 0. The van der Waals surface area contributed by atoms with Gasteiger partial charge >= 0.3 is 0 Å². The zero-order valence-corrected chi connectivity index (χ0v) is 12.3. The molecule has 1 rings (SSSR count). The molecular formula is C15H27NO2. The fraction of sp³-hybridized carbons (Fsp3) is 0.800. The van der Waals surface area contributed by atoms with Crippen LogP contribution in [0.3, 0.4) is 0 Å². The van der Waals surface area contributed by atoms with Gasteiger partial charge < -0.3 is 0 Å². The molecule has 3 nitrogen and oxygen atoms in total. The summed E-state index contributed by atoms with van der Waals surface area (Å²) in [6.45, 7) is 10.2. The molecule has 0 radical (unpaired) electrons. The van der Waals surface area contributed by atoms with Crippen LogP contribution in [0.2, 0.25) is 0 Å². The van der Waals surface area contributed by atoms with Crippen LogP contribution in [0.25, 0.3) is 0 Å². The van der Waals surface area contributed by atoms with Crippen LogP contribution in [0.15, 0.2) is 12.2 Å². The summed E-state index contributed by atoms with van der Waals surface area (Å²) in [6, 6.07) is 0.120. The predicted octanol–water partition coefficient (Wildman–Crippen LogP) is 3.56. The van der Waals surface area contributed by atoms with E-state index in [2.05, 4.69) is 26.0 Å². The summed E-state index contributed by atoms with van der Waals surface area (Å²) in [5.41, 5.74) is 0. The molecule has 0 fully saturated rings. The average molecular weight is 253 g/mol. The highest BCUT2D eigenvalue weighted by molar-refractivity contribution is 5.77. The lowest BCUT2D eigenvalue weighted by molar-refractivity contribution is -0.219. The van der Waals surface area contributed by atoms with Gasteiger partial charge in [-0.2, -0.15) is 0 Å². The van der Waals surface area contributed by atoms with E-state index in [1.54, 1.807) is 5.06 Å². The van der Waals surface area contributed by atoms with Crippen LogP contribution in [0.5, 0.6) is 0 Å².